The van der Waals surface area contributed by atoms with Crippen LogP contribution < -0.4 is 5.73 Å². The van der Waals surface area contributed by atoms with Gasteiger partial charge in [0.05, 0.1) is 13.6 Å². The molecular formula is C9H8F3I2NO. The number of halogens is 5. The number of benzene rings is 1. The van der Waals surface area contributed by atoms with E-state index >= 15 is 0 Å². The number of aromatic hydroxyl groups is 1. The summed E-state index contributed by atoms with van der Waals surface area (Å²) >= 11 is 3.71. The third kappa shape index (κ3) is 3.91. The first kappa shape index (κ1) is 14.3. The maximum atomic E-state index is 12.1. The molecule has 0 aliphatic carbocycles. The van der Waals surface area contributed by atoms with Gasteiger partial charge in [-0.1, -0.05) is 0 Å². The fourth-order valence-electron chi connectivity index (χ4n) is 1.17. The molecule has 3 N–H and O–H groups in total. The Morgan fingerprint density at radius 1 is 1.25 bits per heavy atom. The van der Waals surface area contributed by atoms with Gasteiger partial charge in [-0.25, -0.2) is 0 Å². The summed E-state index contributed by atoms with van der Waals surface area (Å²) in [7, 11) is 0. The topological polar surface area (TPSA) is 46.2 Å². The van der Waals surface area contributed by atoms with E-state index in [2.05, 4.69) is 0 Å². The van der Waals surface area contributed by atoms with Crippen LogP contribution in [0.1, 0.15) is 18.0 Å². The van der Waals surface area contributed by atoms with Gasteiger partial charge in [0.15, 0.2) is 0 Å². The largest absolute Gasteiger partial charge is 0.506 e. The predicted molar refractivity (Wildman–Crippen MR) is 71.1 cm³/mol. The Balaban J connectivity index is 2.97. The van der Waals surface area contributed by atoms with Crippen LogP contribution in [0.25, 0.3) is 0 Å². The van der Waals surface area contributed by atoms with Crippen LogP contribution >= 0.6 is 45.2 Å². The van der Waals surface area contributed by atoms with Crippen molar-refractivity contribution in [1.29, 1.82) is 0 Å². The van der Waals surface area contributed by atoms with E-state index in [1.807, 2.05) is 45.2 Å². The summed E-state index contributed by atoms with van der Waals surface area (Å²) in [6, 6.07) is 1.84. The van der Waals surface area contributed by atoms with Crippen LogP contribution in [0.5, 0.6) is 5.75 Å². The van der Waals surface area contributed by atoms with Crippen molar-refractivity contribution in [3.8, 4) is 5.75 Å². The van der Waals surface area contributed by atoms with Gasteiger partial charge in [0.1, 0.15) is 5.75 Å². The minimum absolute atomic E-state index is 0.0733. The van der Waals surface area contributed by atoms with Crippen molar-refractivity contribution in [1.82, 2.24) is 0 Å². The number of nitrogens with two attached hydrogens (primary N) is 1. The SMILES string of the molecule is N[C@H](CC(F)(F)F)c1cc(I)c(O)c(I)c1. The second-order valence-electron chi connectivity index (χ2n) is 3.26. The third-order valence-corrected chi connectivity index (χ3v) is 3.56. The Bertz CT molecular complexity index is 372. The van der Waals surface area contributed by atoms with Crippen molar-refractivity contribution in [2.24, 2.45) is 5.73 Å². The molecule has 0 radical (unpaired) electrons. The van der Waals surface area contributed by atoms with Crippen LogP contribution in [-0.4, -0.2) is 11.3 Å². The summed E-state index contributed by atoms with van der Waals surface area (Å²) in [5.74, 6) is 0.0733. The van der Waals surface area contributed by atoms with Crippen LogP contribution in [-0.2, 0) is 0 Å². The highest BCUT2D eigenvalue weighted by Crippen LogP contribution is 2.33. The van der Waals surface area contributed by atoms with Crippen molar-refractivity contribution < 1.29 is 18.3 Å². The van der Waals surface area contributed by atoms with Crippen molar-refractivity contribution in [3.05, 3.63) is 24.8 Å². The average Bonchev–Trinajstić information content (AvgIpc) is 2.10. The van der Waals surface area contributed by atoms with Gasteiger partial charge in [-0.05, 0) is 62.9 Å². The Labute approximate surface area is 118 Å². The Morgan fingerprint density at radius 2 is 1.69 bits per heavy atom. The lowest BCUT2D eigenvalue weighted by Gasteiger charge is -2.15. The monoisotopic (exact) mass is 457 g/mol. The summed E-state index contributed by atoms with van der Waals surface area (Å²) in [6.45, 7) is 0. The van der Waals surface area contributed by atoms with Crippen LogP contribution in [0, 0.1) is 7.14 Å². The molecular weight excluding hydrogens is 449 g/mol. The summed E-state index contributed by atoms with van der Waals surface area (Å²) in [6.07, 6.45) is -5.35. The van der Waals surface area contributed by atoms with Gasteiger partial charge in [-0.3, -0.25) is 0 Å². The molecule has 0 fully saturated rings. The van der Waals surface area contributed by atoms with Crippen LogP contribution in [0.15, 0.2) is 12.1 Å². The van der Waals surface area contributed by atoms with Gasteiger partial charge in [-0.2, -0.15) is 13.2 Å². The number of phenols is 1. The zero-order valence-electron chi connectivity index (χ0n) is 7.85. The first-order valence-electron chi connectivity index (χ1n) is 4.21. The number of alkyl halides is 3. The van der Waals surface area contributed by atoms with Crippen molar-refractivity contribution in [2.45, 2.75) is 18.6 Å². The highest BCUT2D eigenvalue weighted by Gasteiger charge is 2.31. The molecule has 0 amide bonds. The molecule has 1 aromatic carbocycles. The number of hydrogen-bond acceptors (Lipinski definition) is 2. The second kappa shape index (κ2) is 5.25. The molecule has 0 saturated carbocycles. The smallest absolute Gasteiger partial charge is 0.390 e. The van der Waals surface area contributed by atoms with E-state index in [1.54, 1.807) is 0 Å². The molecule has 0 saturated heterocycles. The summed E-state index contributed by atoms with van der Waals surface area (Å²) in [5, 5.41) is 9.47. The summed E-state index contributed by atoms with van der Waals surface area (Å²) < 4.78 is 37.4. The van der Waals surface area contributed by atoms with Gasteiger partial charge in [0.2, 0.25) is 0 Å². The average molecular weight is 457 g/mol. The lowest BCUT2D eigenvalue weighted by Crippen LogP contribution is -2.20. The number of hydrogen-bond donors (Lipinski definition) is 2. The minimum atomic E-state index is -4.28. The third-order valence-electron chi connectivity index (χ3n) is 1.92. The van der Waals surface area contributed by atoms with E-state index in [1.165, 1.54) is 12.1 Å². The first-order valence-corrected chi connectivity index (χ1v) is 6.36. The summed E-state index contributed by atoms with van der Waals surface area (Å²) in [4.78, 5) is 0. The molecule has 0 aliphatic rings. The fraction of sp³-hybridized carbons (Fsp3) is 0.333. The molecule has 1 atom stereocenters. The van der Waals surface area contributed by atoms with Gasteiger partial charge in [-0.15, -0.1) is 0 Å². The first-order chi connectivity index (χ1) is 7.20. The van der Waals surface area contributed by atoms with E-state index in [4.69, 9.17) is 5.73 Å². The second-order valence-corrected chi connectivity index (χ2v) is 5.58. The Kier molecular flexibility index (Phi) is 4.69. The molecule has 2 nitrogen and oxygen atoms in total. The minimum Gasteiger partial charge on any atom is -0.506 e. The lowest BCUT2D eigenvalue weighted by molar-refractivity contribution is -0.138. The van der Waals surface area contributed by atoms with Gasteiger partial charge in [0.25, 0.3) is 0 Å². The standard InChI is InChI=1S/C9H8F3I2NO/c10-9(11,12)3-7(15)4-1-5(13)8(16)6(14)2-4/h1-2,7,16H,3,15H2/t7-/m1/s1. The van der Waals surface area contributed by atoms with Crippen LogP contribution in [0.4, 0.5) is 13.2 Å². The van der Waals surface area contributed by atoms with E-state index in [-0.39, 0.29) is 5.75 Å². The molecule has 0 heterocycles. The van der Waals surface area contributed by atoms with Gasteiger partial charge in [0, 0.05) is 6.04 Å². The van der Waals surface area contributed by atoms with Crippen LogP contribution in [0.2, 0.25) is 0 Å². The van der Waals surface area contributed by atoms with E-state index in [0.717, 1.165) is 0 Å². The fourth-order valence-corrected chi connectivity index (χ4v) is 2.98. The molecule has 0 aliphatic heterocycles. The van der Waals surface area contributed by atoms with Gasteiger partial charge < -0.3 is 10.8 Å². The quantitative estimate of drug-likeness (QED) is 0.668. The van der Waals surface area contributed by atoms with Gasteiger partial charge >= 0.3 is 6.18 Å². The zero-order valence-corrected chi connectivity index (χ0v) is 12.2. The Morgan fingerprint density at radius 3 is 2.06 bits per heavy atom. The van der Waals surface area contributed by atoms with Crippen molar-refractivity contribution in [3.63, 3.8) is 0 Å². The van der Waals surface area contributed by atoms with E-state index in [9.17, 15) is 18.3 Å². The highest BCUT2D eigenvalue weighted by atomic mass is 127. The molecule has 90 valence electrons. The molecule has 1 rings (SSSR count). The molecule has 0 spiro atoms. The zero-order chi connectivity index (χ0) is 12.5. The summed E-state index contributed by atoms with van der Waals surface area (Å²) in [5.41, 5.74) is 5.84. The van der Waals surface area contributed by atoms with E-state index < -0.39 is 18.6 Å². The number of phenolic OH excluding ortho intramolecular Hbond substituents is 1. The number of rotatable bonds is 2. The predicted octanol–water partition coefficient (Wildman–Crippen LogP) is 3.55. The van der Waals surface area contributed by atoms with Crippen molar-refractivity contribution >= 4 is 45.2 Å². The molecule has 1 aromatic rings. The molecule has 16 heavy (non-hydrogen) atoms. The Hall–Kier alpha value is 0.230. The van der Waals surface area contributed by atoms with Crippen LogP contribution in [0.3, 0.4) is 0 Å². The van der Waals surface area contributed by atoms with E-state index in [0.29, 0.717) is 12.7 Å². The molecule has 0 unspecified atom stereocenters. The normalized spacial score (nSPS) is 13.9. The maximum absolute atomic E-state index is 12.1. The highest BCUT2D eigenvalue weighted by molar-refractivity contribution is 14.1. The molecule has 0 aromatic heterocycles. The molecule has 0 bridgehead atoms. The van der Waals surface area contributed by atoms with Crippen molar-refractivity contribution in [2.75, 3.05) is 0 Å². The lowest BCUT2D eigenvalue weighted by atomic mass is 10.0. The maximum Gasteiger partial charge on any atom is 0.390 e. The molecule has 7 heteroatoms.